The molecular formula is C18H19N3O4S2. The van der Waals surface area contributed by atoms with Gasteiger partial charge in [-0.25, -0.2) is 4.79 Å². The number of benzene rings is 1. The Morgan fingerprint density at radius 2 is 2.00 bits per heavy atom. The Morgan fingerprint density at radius 1 is 1.26 bits per heavy atom. The molecule has 1 aliphatic rings. The van der Waals surface area contributed by atoms with Crippen molar-refractivity contribution >= 4 is 40.7 Å². The van der Waals surface area contributed by atoms with Crippen molar-refractivity contribution in [2.24, 2.45) is 5.92 Å². The molecule has 1 aliphatic heterocycles. The number of aliphatic hydroxyl groups excluding tert-OH is 1. The first-order valence-electron chi connectivity index (χ1n) is 8.27. The van der Waals surface area contributed by atoms with Crippen molar-refractivity contribution in [3.63, 3.8) is 0 Å². The quantitative estimate of drug-likeness (QED) is 0.579. The molecule has 9 heteroatoms. The fourth-order valence-electron chi connectivity index (χ4n) is 3.29. The summed E-state index contributed by atoms with van der Waals surface area (Å²) >= 11 is 6.78. The summed E-state index contributed by atoms with van der Waals surface area (Å²) in [7, 11) is 0. The molecule has 1 aromatic carbocycles. The lowest BCUT2D eigenvalue weighted by atomic mass is 9.86. The summed E-state index contributed by atoms with van der Waals surface area (Å²) < 4.78 is 0. The van der Waals surface area contributed by atoms with Gasteiger partial charge in [0, 0.05) is 22.9 Å². The Balaban J connectivity index is 1.83. The SMILES string of the molecule is O=C(NC(=S)NC1(c2cccs2)CN(C(=O)O)CC1CO)c1ccccc1. The smallest absolute Gasteiger partial charge is 0.407 e. The largest absolute Gasteiger partial charge is 0.465 e. The molecule has 142 valence electrons. The minimum absolute atomic E-state index is 0.0861. The average molecular weight is 406 g/mol. The Kier molecular flexibility index (Phi) is 5.73. The third kappa shape index (κ3) is 3.95. The van der Waals surface area contributed by atoms with Gasteiger partial charge in [-0.3, -0.25) is 10.1 Å². The predicted octanol–water partition coefficient (Wildman–Crippen LogP) is 1.85. The van der Waals surface area contributed by atoms with Gasteiger partial charge in [-0.2, -0.15) is 0 Å². The van der Waals surface area contributed by atoms with E-state index in [4.69, 9.17) is 12.2 Å². The van der Waals surface area contributed by atoms with Gasteiger partial charge in [0.05, 0.1) is 18.7 Å². The first-order valence-corrected chi connectivity index (χ1v) is 9.56. The van der Waals surface area contributed by atoms with Gasteiger partial charge >= 0.3 is 6.09 Å². The third-order valence-corrected chi connectivity index (χ3v) is 5.88. The third-order valence-electron chi connectivity index (χ3n) is 4.63. The highest BCUT2D eigenvalue weighted by atomic mass is 32.1. The van der Waals surface area contributed by atoms with E-state index in [1.54, 1.807) is 24.3 Å². The number of thiocarbonyl (C=S) groups is 1. The van der Waals surface area contributed by atoms with Gasteiger partial charge in [-0.05, 0) is 35.8 Å². The fourth-order valence-corrected chi connectivity index (χ4v) is 4.52. The van der Waals surface area contributed by atoms with Crippen LogP contribution in [-0.4, -0.2) is 51.9 Å². The molecule has 2 unspecified atom stereocenters. The maximum atomic E-state index is 12.4. The van der Waals surface area contributed by atoms with Crippen LogP contribution >= 0.6 is 23.6 Å². The van der Waals surface area contributed by atoms with Gasteiger partial charge in [0.15, 0.2) is 5.11 Å². The van der Waals surface area contributed by atoms with Gasteiger partial charge in [0.2, 0.25) is 0 Å². The van der Waals surface area contributed by atoms with Crippen LogP contribution in [0.2, 0.25) is 0 Å². The molecule has 7 nitrogen and oxygen atoms in total. The number of carboxylic acid groups (broad SMARTS) is 1. The zero-order valence-corrected chi connectivity index (χ0v) is 15.9. The molecule has 2 heterocycles. The van der Waals surface area contributed by atoms with E-state index in [0.717, 1.165) is 4.88 Å². The second-order valence-corrected chi connectivity index (χ2v) is 7.62. The second-order valence-electron chi connectivity index (χ2n) is 6.27. The average Bonchev–Trinajstić information content (AvgIpc) is 3.30. The number of carbonyl (C=O) groups excluding carboxylic acids is 1. The fraction of sp³-hybridized carbons (Fsp3) is 0.278. The number of amides is 2. The highest BCUT2D eigenvalue weighted by Gasteiger charge is 2.50. The van der Waals surface area contributed by atoms with Crippen LogP contribution in [0.5, 0.6) is 0 Å². The normalized spacial score (nSPS) is 21.7. The molecule has 1 aromatic heterocycles. The first kappa shape index (κ1) is 19.3. The molecule has 0 aliphatic carbocycles. The zero-order valence-electron chi connectivity index (χ0n) is 14.3. The molecule has 27 heavy (non-hydrogen) atoms. The summed E-state index contributed by atoms with van der Waals surface area (Å²) in [4.78, 5) is 25.9. The van der Waals surface area contributed by atoms with Crippen LogP contribution in [-0.2, 0) is 5.54 Å². The lowest BCUT2D eigenvalue weighted by Crippen LogP contribution is -2.56. The number of likely N-dealkylation sites (tertiary alicyclic amines) is 1. The van der Waals surface area contributed by atoms with Gasteiger partial charge in [-0.15, -0.1) is 11.3 Å². The number of hydrogen-bond donors (Lipinski definition) is 4. The number of rotatable bonds is 4. The molecule has 0 spiro atoms. The predicted molar refractivity (Wildman–Crippen MR) is 106 cm³/mol. The van der Waals surface area contributed by atoms with E-state index in [2.05, 4.69) is 10.6 Å². The Hall–Kier alpha value is -2.49. The summed E-state index contributed by atoms with van der Waals surface area (Å²) in [5, 5.41) is 27.0. The van der Waals surface area contributed by atoms with E-state index in [9.17, 15) is 19.8 Å². The standard InChI is InChI=1S/C18H19N3O4S2/c22-10-13-9-21(17(24)25)11-18(13,14-7-4-8-27-14)20-16(26)19-15(23)12-5-2-1-3-6-12/h1-8,13,22H,9-11H2,(H,24,25)(H2,19,20,23,26). The summed E-state index contributed by atoms with van der Waals surface area (Å²) in [6.45, 7) is 0.0747. The van der Waals surface area contributed by atoms with Crippen LogP contribution in [0.1, 0.15) is 15.2 Å². The summed E-state index contributed by atoms with van der Waals surface area (Å²) in [5.74, 6) is -0.762. The molecular weight excluding hydrogens is 386 g/mol. The van der Waals surface area contributed by atoms with E-state index in [1.165, 1.54) is 16.2 Å². The van der Waals surface area contributed by atoms with Crippen molar-refractivity contribution in [1.82, 2.24) is 15.5 Å². The lowest BCUT2D eigenvalue weighted by molar-refractivity contribution is 0.0974. The number of nitrogens with one attached hydrogen (secondary N) is 2. The van der Waals surface area contributed by atoms with E-state index in [-0.39, 0.29) is 30.7 Å². The van der Waals surface area contributed by atoms with Gasteiger partial charge in [0.25, 0.3) is 5.91 Å². The van der Waals surface area contributed by atoms with Crippen molar-refractivity contribution in [2.75, 3.05) is 19.7 Å². The maximum absolute atomic E-state index is 12.4. The van der Waals surface area contributed by atoms with Crippen LogP contribution in [0.15, 0.2) is 47.8 Å². The van der Waals surface area contributed by atoms with Crippen LogP contribution < -0.4 is 10.6 Å². The first-order chi connectivity index (χ1) is 13.0. The summed E-state index contributed by atoms with van der Waals surface area (Å²) in [6.07, 6.45) is -1.06. The van der Waals surface area contributed by atoms with Gasteiger partial charge < -0.3 is 20.4 Å². The van der Waals surface area contributed by atoms with Crippen LogP contribution in [0, 0.1) is 5.92 Å². The Bertz CT molecular complexity index is 828. The molecule has 2 atom stereocenters. The second kappa shape index (κ2) is 8.03. The van der Waals surface area contributed by atoms with E-state index in [0.29, 0.717) is 5.56 Å². The Labute approximate surface area is 165 Å². The Morgan fingerprint density at radius 3 is 2.59 bits per heavy atom. The topological polar surface area (TPSA) is 102 Å². The number of hydrogen-bond acceptors (Lipinski definition) is 5. The minimum atomic E-state index is -1.06. The number of thiophene rings is 1. The molecule has 0 radical (unpaired) electrons. The number of nitrogens with zero attached hydrogens (tertiary/aromatic N) is 1. The van der Waals surface area contributed by atoms with Crippen molar-refractivity contribution in [3.05, 3.63) is 58.3 Å². The van der Waals surface area contributed by atoms with Crippen LogP contribution in [0.3, 0.4) is 0 Å². The van der Waals surface area contributed by atoms with Crippen LogP contribution in [0.4, 0.5) is 4.79 Å². The van der Waals surface area contributed by atoms with Crippen LogP contribution in [0.25, 0.3) is 0 Å². The zero-order chi connectivity index (χ0) is 19.4. The highest BCUT2D eigenvalue weighted by Crippen LogP contribution is 2.39. The molecule has 2 aromatic rings. The molecule has 0 saturated carbocycles. The molecule has 1 fully saturated rings. The lowest BCUT2D eigenvalue weighted by Gasteiger charge is -2.35. The van der Waals surface area contributed by atoms with Crippen molar-refractivity contribution in [2.45, 2.75) is 5.54 Å². The highest BCUT2D eigenvalue weighted by molar-refractivity contribution is 7.80. The number of carbonyl (C=O) groups is 2. The summed E-state index contributed by atoms with van der Waals surface area (Å²) in [6, 6.07) is 12.4. The maximum Gasteiger partial charge on any atom is 0.407 e. The minimum Gasteiger partial charge on any atom is -0.465 e. The van der Waals surface area contributed by atoms with Gasteiger partial charge in [0.1, 0.15) is 0 Å². The van der Waals surface area contributed by atoms with Crippen molar-refractivity contribution in [3.8, 4) is 0 Å². The molecule has 0 bridgehead atoms. The monoisotopic (exact) mass is 405 g/mol. The van der Waals surface area contributed by atoms with E-state index < -0.39 is 17.6 Å². The van der Waals surface area contributed by atoms with Gasteiger partial charge in [-0.1, -0.05) is 24.3 Å². The number of aliphatic hydroxyl groups is 1. The van der Waals surface area contributed by atoms with Crippen molar-refractivity contribution < 1.29 is 19.8 Å². The van der Waals surface area contributed by atoms with E-state index in [1.807, 2.05) is 23.6 Å². The molecule has 3 rings (SSSR count). The van der Waals surface area contributed by atoms with Crippen molar-refractivity contribution in [1.29, 1.82) is 0 Å². The molecule has 4 N–H and O–H groups in total. The summed E-state index contributed by atoms with van der Waals surface area (Å²) in [5.41, 5.74) is -0.438. The van der Waals surface area contributed by atoms with E-state index >= 15 is 0 Å². The molecule has 2 amide bonds. The molecule has 1 saturated heterocycles.